The zero-order valence-electron chi connectivity index (χ0n) is 12.1. The number of nitrogens with one attached hydrogen (secondary N) is 1. The number of methoxy groups -OCH3 is 1. The Morgan fingerprint density at radius 1 is 1.33 bits per heavy atom. The molecule has 0 aliphatic carbocycles. The molecule has 0 fully saturated rings. The molecule has 112 valence electrons. The molecule has 2 aromatic rings. The summed E-state index contributed by atoms with van der Waals surface area (Å²) in [6, 6.07) is 8.13. The highest BCUT2D eigenvalue weighted by molar-refractivity contribution is 6.31. The molecule has 0 bridgehead atoms. The number of halogens is 2. The van der Waals surface area contributed by atoms with Crippen molar-refractivity contribution in [1.29, 1.82) is 0 Å². The van der Waals surface area contributed by atoms with E-state index in [1.807, 2.05) is 19.1 Å². The van der Waals surface area contributed by atoms with Crippen molar-refractivity contribution in [2.45, 2.75) is 19.4 Å². The number of rotatable bonds is 6. The second-order valence-corrected chi connectivity index (χ2v) is 5.10. The Balaban J connectivity index is 2.23. The summed E-state index contributed by atoms with van der Waals surface area (Å²) in [4.78, 5) is 4.19. The van der Waals surface area contributed by atoms with Gasteiger partial charge in [0.2, 0.25) is 5.88 Å². The number of aromatic nitrogens is 1. The Morgan fingerprint density at radius 2 is 2.14 bits per heavy atom. The lowest BCUT2D eigenvalue weighted by atomic mass is 9.99. The molecule has 1 heterocycles. The van der Waals surface area contributed by atoms with Crippen molar-refractivity contribution in [1.82, 2.24) is 10.3 Å². The molecule has 0 saturated carbocycles. The van der Waals surface area contributed by atoms with E-state index in [4.69, 9.17) is 16.3 Å². The van der Waals surface area contributed by atoms with Crippen LogP contribution in [-0.4, -0.2) is 18.6 Å². The summed E-state index contributed by atoms with van der Waals surface area (Å²) >= 11 is 6.20. The van der Waals surface area contributed by atoms with Crippen LogP contribution in [0, 0.1) is 5.82 Å². The van der Waals surface area contributed by atoms with Crippen molar-refractivity contribution < 1.29 is 9.13 Å². The molecule has 0 aliphatic heterocycles. The molecule has 21 heavy (non-hydrogen) atoms. The molecule has 1 N–H and O–H groups in total. The molecule has 0 aliphatic rings. The van der Waals surface area contributed by atoms with E-state index in [-0.39, 0.29) is 11.9 Å². The predicted octanol–water partition coefficient (Wildman–Crippen LogP) is 3.78. The topological polar surface area (TPSA) is 34.1 Å². The Kier molecular flexibility index (Phi) is 5.53. The lowest BCUT2D eigenvalue weighted by molar-refractivity contribution is 0.397. The van der Waals surface area contributed by atoms with Crippen LogP contribution in [0.1, 0.15) is 24.1 Å². The monoisotopic (exact) mass is 308 g/mol. The maximum atomic E-state index is 13.5. The first-order valence-corrected chi connectivity index (χ1v) is 7.19. The van der Waals surface area contributed by atoms with Gasteiger partial charge in [-0.15, -0.1) is 0 Å². The molecule has 5 heteroatoms. The first-order valence-electron chi connectivity index (χ1n) is 6.81. The fourth-order valence-electron chi connectivity index (χ4n) is 2.21. The summed E-state index contributed by atoms with van der Waals surface area (Å²) in [5.41, 5.74) is 1.79. The average Bonchev–Trinajstić information content (AvgIpc) is 2.50. The molecular weight excluding hydrogens is 291 g/mol. The zero-order chi connectivity index (χ0) is 15.2. The van der Waals surface area contributed by atoms with Crippen molar-refractivity contribution in [2.24, 2.45) is 0 Å². The normalized spacial score (nSPS) is 12.2. The van der Waals surface area contributed by atoms with E-state index in [1.165, 1.54) is 12.1 Å². The number of hydrogen-bond donors (Lipinski definition) is 1. The zero-order valence-corrected chi connectivity index (χ0v) is 12.8. The fraction of sp³-hybridized carbons (Fsp3) is 0.312. The molecular formula is C16H18ClFN2O. The first-order chi connectivity index (χ1) is 10.1. The Labute approximate surface area is 129 Å². The maximum Gasteiger partial charge on any atom is 0.212 e. The van der Waals surface area contributed by atoms with Gasteiger partial charge in [-0.25, -0.2) is 9.37 Å². The van der Waals surface area contributed by atoms with Gasteiger partial charge in [0.1, 0.15) is 5.82 Å². The number of pyridine rings is 1. The van der Waals surface area contributed by atoms with Gasteiger partial charge in [0.15, 0.2) is 0 Å². The Bertz CT molecular complexity index is 589. The summed E-state index contributed by atoms with van der Waals surface area (Å²) in [7, 11) is 1.58. The highest BCUT2D eigenvalue weighted by Gasteiger charge is 2.15. The van der Waals surface area contributed by atoms with Crippen molar-refractivity contribution in [3.8, 4) is 5.88 Å². The van der Waals surface area contributed by atoms with Gasteiger partial charge in [0.25, 0.3) is 0 Å². The van der Waals surface area contributed by atoms with E-state index in [0.29, 0.717) is 17.3 Å². The number of hydrogen-bond acceptors (Lipinski definition) is 3. The Morgan fingerprint density at radius 3 is 2.76 bits per heavy atom. The van der Waals surface area contributed by atoms with Gasteiger partial charge in [-0.1, -0.05) is 24.6 Å². The number of ether oxygens (including phenoxy) is 1. The van der Waals surface area contributed by atoms with Gasteiger partial charge in [-0.2, -0.15) is 0 Å². The van der Waals surface area contributed by atoms with Gasteiger partial charge in [-0.3, -0.25) is 0 Å². The SMILES string of the molecule is CCNC(Cc1ccc(OC)nc1)c1cc(F)ccc1Cl. The minimum Gasteiger partial charge on any atom is -0.481 e. The molecule has 1 unspecified atom stereocenters. The van der Waals surface area contributed by atoms with E-state index in [1.54, 1.807) is 19.4 Å². The second-order valence-electron chi connectivity index (χ2n) is 4.69. The van der Waals surface area contributed by atoms with Crippen molar-refractivity contribution >= 4 is 11.6 Å². The van der Waals surface area contributed by atoms with Crippen LogP contribution >= 0.6 is 11.6 Å². The van der Waals surface area contributed by atoms with E-state index in [0.717, 1.165) is 17.7 Å². The van der Waals surface area contributed by atoms with Crippen LogP contribution in [-0.2, 0) is 6.42 Å². The van der Waals surface area contributed by atoms with E-state index in [9.17, 15) is 4.39 Å². The molecule has 2 rings (SSSR count). The van der Waals surface area contributed by atoms with Crippen LogP contribution < -0.4 is 10.1 Å². The van der Waals surface area contributed by atoms with Gasteiger partial charge < -0.3 is 10.1 Å². The highest BCUT2D eigenvalue weighted by Crippen LogP contribution is 2.27. The number of likely N-dealkylation sites (N-methyl/N-ethyl adjacent to an activating group) is 1. The van der Waals surface area contributed by atoms with Crippen LogP contribution in [0.2, 0.25) is 5.02 Å². The molecule has 0 saturated heterocycles. The molecule has 1 aromatic carbocycles. The van der Waals surface area contributed by atoms with Crippen LogP contribution in [0.15, 0.2) is 36.5 Å². The summed E-state index contributed by atoms with van der Waals surface area (Å²) < 4.78 is 18.5. The largest absolute Gasteiger partial charge is 0.481 e. The lowest BCUT2D eigenvalue weighted by Crippen LogP contribution is -2.23. The minimum absolute atomic E-state index is 0.0617. The highest BCUT2D eigenvalue weighted by atomic mass is 35.5. The van der Waals surface area contributed by atoms with Gasteiger partial charge in [0, 0.05) is 23.3 Å². The van der Waals surface area contributed by atoms with Gasteiger partial charge in [-0.05, 0) is 42.3 Å². The third-order valence-electron chi connectivity index (χ3n) is 3.23. The maximum absolute atomic E-state index is 13.5. The van der Waals surface area contributed by atoms with Gasteiger partial charge in [0.05, 0.1) is 7.11 Å². The third kappa shape index (κ3) is 4.16. The van der Waals surface area contributed by atoms with Crippen LogP contribution in [0.25, 0.3) is 0 Å². The molecule has 1 aromatic heterocycles. The summed E-state index contributed by atoms with van der Waals surface area (Å²) in [6.07, 6.45) is 2.43. The standard InChI is InChI=1S/C16H18ClFN2O/c1-3-19-15(13-9-12(18)5-6-14(13)17)8-11-4-7-16(21-2)20-10-11/h4-7,9-10,15,19H,3,8H2,1-2H3. The Hall–Kier alpha value is -1.65. The third-order valence-corrected chi connectivity index (χ3v) is 3.57. The van der Waals surface area contributed by atoms with Crippen molar-refractivity contribution in [2.75, 3.05) is 13.7 Å². The lowest BCUT2D eigenvalue weighted by Gasteiger charge is -2.20. The number of nitrogens with zero attached hydrogens (tertiary/aromatic N) is 1. The van der Waals surface area contributed by atoms with Crippen LogP contribution in [0.5, 0.6) is 5.88 Å². The predicted molar refractivity (Wildman–Crippen MR) is 82.3 cm³/mol. The molecule has 0 radical (unpaired) electrons. The van der Waals surface area contributed by atoms with Crippen LogP contribution in [0.4, 0.5) is 4.39 Å². The molecule has 3 nitrogen and oxygen atoms in total. The van der Waals surface area contributed by atoms with E-state index < -0.39 is 0 Å². The quantitative estimate of drug-likeness (QED) is 0.882. The molecule has 1 atom stereocenters. The summed E-state index contributed by atoms with van der Waals surface area (Å²) in [6.45, 7) is 2.77. The van der Waals surface area contributed by atoms with Gasteiger partial charge >= 0.3 is 0 Å². The van der Waals surface area contributed by atoms with Crippen molar-refractivity contribution in [3.05, 3.63) is 58.5 Å². The minimum atomic E-state index is -0.287. The molecule has 0 amide bonds. The fourth-order valence-corrected chi connectivity index (χ4v) is 2.46. The second kappa shape index (κ2) is 7.38. The first kappa shape index (κ1) is 15.7. The summed E-state index contributed by atoms with van der Waals surface area (Å²) in [5, 5.41) is 3.89. The smallest absolute Gasteiger partial charge is 0.212 e. The van der Waals surface area contributed by atoms with Crippen LogP contribution in [0.3, 0.4) is 0 Å². The number of benzene rings is 1. The van der Waals surface area contributed by atoms with E-state index in [2.05, 4.69) is 10.3 Å². The average molecular weight is 309 g/mol. The summed E-state index contributed by atoms with van der Waals surface area (Å²) in [5.74, 6) is 0.285. The molecule has 0 spiro atoms. The van der Waals surface area contributed by atoms with Crippen molar-refractivity contribution in [3.63, 3.8) is 0 Å². The van der Waals surface area contributed by atoms with E-state index >= 15 is 0 Å².